The van der Waals surface area contributed by atoms with Gasteiger partial charge in [0, 0.05) is 11.6 Å². The molecule has 1 aromatic rings. The van der Waals surface area contributed by atoms with Crippen LogP contribution in [0.3, 0.4) is 0 Å². The minimum absolute atomic E-state index is 0.303. The highest BCUT2D eigenvalue weighted by Gasteiger charge is 2.09. The fraction of sp³-hybridized carbons (Fsp3) is 0.333. The number of carbonyl (C=O) groups excluding carboxylic acids is 1. The molecule has 0 aromatic heterocycles. The molecule has 0 spiro atoms. The second kappa shape index (κ2) is 6.80. The molecule has 0 saturated carbocycles. The van der Waals surface area contributed by atoms with Crippen molar-refractivity contribution in [3.05, 3.63) is 23.8 Å². The fourth-order valence-corrected chi connectivity index (χ4v) is 1.28. The Kier molecular flexibility index (Phi) is 5.38. The van der Waals surface area contributed by atoms with Crippen LogP contribution in [0.1, 0.15) is 23.7 Å². The molecule has 1 rings (SSSR count). The highest BCUT2D eigenvalue weighted by Crippen LogP contribution is 2.22. The molecule has 2 N–H and O–H groups in total. The predicted octanol–water partition coefficient (Wildman–Crippen LogP) is 1.68. The lowest BCUT2D eigenvalue weighted by molar-refractivity contribution is 0.0943. The first-order valence-corrected chi connectivity index (χ1v) is 5.83. The molecule has 0 aliphatic heterocycles. The summed E-state index contributed by atoms with van der Waals surface area (Å²) in [7, 11) is 3.06. The molecule has 0 unspecified atom stereocenters. The molecular formula is C12H16N2O3S. The van der Waals surface area contributed by atoms with Crippen LogP contribution in [0.15, 0.2) is 18.2 Å². The van der Waals surface area contributed by atoms with E-state index in [1.807, 2.05) is 6.92 Å². The summed E-state index contributed by atoms with van der Waals surface area (Å²) in [5, 5.41) is 0. The molecule has 98 valence electrons. The fourth-order valence-electron chi connectivity index (χ4n) is 1.23. The van der Waals surface area contributed by atoms with Crippen molar-refractivity contribution in [2.75, 3.05) is 14.2 Å². The SMILES string of the molecule is CCC(=S)NNC(=O)c1cc(OC)cc(OC)c1. The van der Waals surface area contributed by atoms with Crippen LogP contribution < -0.4 is 20.3 Å². The van der Waals surface area contributed by atoms with Crippen molar-refractivity contribution in [1.29, 1.82) is 0 Å². The number of ether oxygens (including phenoxy) is 2. The summed E-state index contributed by atoms with van der Waals surface area (Å²) < 4.78 is 10.2. The number of nitrogens with one attached hydrogen (secondary N) is 2. The van der Waals surface area contributed by atoms with E-state index in [2.05, 4.69) is 10.9 Å². The van der Waals surface area contributed by atoms with E-state index in [0.717, 1.165) is 0 Å². The normalized spacial score (nSPS) is 9.50. The van der Waals surface area contributed by atoms with E-state index >= 15 is 0 Å². The third kappa shape index (κ3) is 3.89. The van der Waals surface area contributed by atoms with Gasteiger partial charge in [0.05, 0.1) is 19.2 Å². The smallest absolute Gasteiger partial charge is 0.269 e. The van der Waals surface area contributed by atoms with Crippen molar-refractivity contribution < 1.29 is 14.3 Å². The summed E-state index contributed by atoms with van der Waals surface area (Å²) >= 11 is 4.95. The molecule has 0 fully saturated rings. The van der Waals surface area contributed by atoms with Gasteiger partial charge in [0.15, 0.2) is 0 Å². The van der Waals surface area contributed by atoms with Crippen molar-refractivity contribution in [3.8, 4) is 11.5 Å². The Bertz CT molecular complexity index is 427. The Morgan fingerprint density at radius 2 is 1.72 bits per heavy atom. The second-order valence-electron chi connectivity index (χ2n) is 3.46. The summed E-state index contributed by atoms with van der Waals surface area (Å²) in [5.74, 6) is 0.804. The molecule has 18 heavy (non-hydrogen) atoms. The highest BCUT2D eigenvalue weighted by molar-refractivity contribution is 7.80. The quantitative estimate of drug-likeness (QED) is 0.642. The van der Waals surface area contributed by atoms with Crippen molar-refractivity contribution in [2.24, 2.45) is 0 Å². The number of hydrogen-bond acceptors (Lipinski definition) is 4. The van der Waals surface area contributed by atoms with Gasteiger partial charge >= 0.3 is 0 Å². The first-order chi connectivity index (χ1) is 8.60. The van der Waals surface area contributed by atoms with E-state index in [9.17, 15) is 4.79 Å². The first kappa shape index (κ1) is 14.2. The zero-order valence-electron chi connectivity index (χ0n) is 10.6. The van der Waals surface area contributed by atoms with Crippen molar-refractivity contribution >= 4 is 23.1 Å². The average Bonchev–Trinajstić information content (AvgIpc) is 2.43. The highest BCUT2D eigenvalue weighted by atomic mass is 32.1. The molecule has 5 nitrogen and oxygen atoms in total. The topological polar surface area (TPSA) is 59.6 Å². The molecule has 0 heterocycles. The van der Waals surface area contributed by atoms with Crippen LogP contribution in [-0.4, -0.2) is 25.1 Å². The number of amides is 1. The number of benzene rings is 1. The standard InChI is InChI=1S/C12H16N2O3S/c1-4-11(18)13-14-12(15)8-5-9(16-2)7-10(6-8)17-3/h5-7H,4H2,1-3H3,(H,13,18)(H,14,15). The van der Waals surface area contributed by atoms with Crippen LogP contribution in [0.4, 0.5) is 0 Å². The van der Waals surface area contributed by atoms with Gasteiger partial charge in [-0.1, -0.05) is 19.1 Å². The van der Waals surface area contributed by atoms with Gasteiger partial charge in [-0.15, -0.1) is 0 Å². The Balaban J connectivity index is 2.81. The maximum absolute atomic E-state index is 11.9. The summed E-state index contributed by atoms with van der Waals surface area (Å²) in [5.41, 5.74) is 5.60. The molecule has 0 bridgehead atoms. The van der Waals surface area contributed by atoms with Crippen molar-refractivity contribution in [2.45, 2.75) is 13.3 Å². The van der Waals surface area contributed by atoms with Crippen LogP contribution in [0.25, 0.3) is 0 Å². The summed E-state index contributed by atoms with van der Waals surface area (Å²) in [6, 6.07) is 4.93. The monoisotopic (exact) mass is 268 g/mol. The molecule has 6 heteroatoms. The second-order valence-corrected chi connectivity index (χ2v) is 3.95. The van der Waals surface area contributed by atoms with Crippen LogP contribution in [0.5, 0.6) is 11.5 Å². The summed E-state index contributed by atoms with van der Waals surface area (Å²) in [4.78, 5) is 12.4. The van der Waals surface area contributed by atoms with E-state index in [1.165, 1.54) is 14.2 Å². The predicted molar refractivity (Wildman–Crippen MR) is 73.0 cm³/mol. The zero-order chi connectivity index (χ0) is 13.5. The van der Waals surface area contributed by atoms with E-state index < -0.39 is 0 Å². The number of rotatable bonds is 4. The van der Waals surface area contributed by atoms with Crippen molar-refractivity contribution in [3.63, 3.8) is 0 Å². The van der Waals surface area contributed by atoms with Gasteiger partial charge < -0.3 is 9.47 Å². The third-order valence-electron chi connectivity index (χ3n) is 2.25. The Morgan fingerprint density at radius 3 is 2.17 bits per heavy atom. The zero-order valence-corrected chi connectivity index (χ0v) is 11.4. The molecule has 0 atom stereocenters. The Morgan fingerprint density at radius 1 is 1.17 bits per heavy atom. The molecule has 0 radical (unpaired) electrons. The van der Waals surface area contributed by atoms with E-state index in [0.29, 0.717) is 28.5 Å². The van der Waals surface area contributed by atoms with E-state index in [4.69, 9.17) is 21.7 Å². The van der Waals surface area contributed by atoms with Crippen LogP contribution in [0, 0.1) is 0 Å². The lowest BCUT2D eigenvalue weighted by atomic mass is 10.2. The lowest BCUT2D eigenvalue weighted by Gasteiger charge is -2.10. The van der Waals surface area contributed by atoms with Gasteiger partial charge in [-0.25, -0.2) is 0 Å². The third-order valence-corrected chi connectivity index (χ3v) is 2.64. The van der Waals surface area contributed by atoms with Gasteiger partial charge in [0.25, 0.3) is 5.91 Å². The van der Waals surface area contributed by atoms with Gasteiger partial charge in [-0.2, -0.15) is 0 Å². The minimum Gasteiger partial charge on any atom is -0.497 e. The van der Waals surface area contributed by atoms with E-state index in [1.54, 1.807) is 18.2 Å². The number of hydrogen-bond donors (Lipinski definition) is 2. The summed E-state index contributed by atoms with van der Waals surface area (Å²) in [6.45, 7) is 1.90. The molecular weight excluding hydrogens is 252 g/mol. The minimum atomic E-state index is -0.303. The lowest BCUT2D eigenvalue weighted by Crippen LogP contribution is -2.40. The molecule has 1 amide bonds. The summed E-state index contributed by atoms with van der Waals surface area (Å²) in [6.07, 6.45) is 0.664. The molecule has 1 aromatic carbocycles. The number of carbonyl (C=O) groups is 1. The van der Waals surface area contributed by atoms with Gasteiger partial charge in [0.2, 0.25) is 0 Å². The molecule has 0 saturated heterocycles. The Labute approximate surface area is 111 Å². The maximum atomic E-state index is 11.9. The number of methoxy groups -OCH3 is 2. The van der Waals surface area contributed by atoms with Crippen LogP contribution in [-0.2, 0) is 0 Å². The van der Waals surface area contributed by atoms with Gasteiger partial charge in [-0.3, -0.25) is 15.6 Å². The van der Waals surface area contributed by atoms with Gasteiger partial charge in [-0.05, 0) is 18.6 Å². The van der Waals surface area contributed by atoms with Crippen LogP contribution in [0.2, 0.25) is 0 Å². The molecule has 0 aliphatic rings. The van der Waals surface area contributed by atoms with Gasteiger partial charge in [0.1, 0.15) is 11.5 Å². The maximum Gasteiger partial charge on any atom is 0.269 e. The number of hydrazine groups is 1. The average molecular weight is 268 g/mol. The number of thiocarbonyl (C=S) groups is 1. The van der Waals surface area contributed by atoms with Crippen LogP contribution >= 0.6 is 12.2 Å². The molecule has 0 aliphatic carbocycles. The van der Waals surface area contributed by atoms with E-state index in [-0.39, 0.29) is 5.91 Å². The largest absolute Gasteiger partial charge is 0.497 e. The van der Waals surface area contributed by atoms with Crippen molar-refractivity contribution in [1.82, 2.24) is 10.9 Å². The Hall–Kier alpha value is -1.82. The first-order valence-electron chi connectivity index (χ1n) is 5.43.